The van der Waals surface area contributed by atoms with E-state index in [9.17, 15) is 18.0 Å². The molecule has 1 aromatic heterocycles. The second-order valence-electron chi connectivity index (χ2n) is 5.96. The topological polar surface area (TPSA) is 57.3 Å². The van der Waals surface area contributed by atoms with Gasteiger partial charge >= 0.3 is 6.18 Å². The van der Waals surface area contributed by atoms with Gasteiger partial charge in [-0.25, -0.2) is 0 Å². The van der Waals surface area contributed by atoms with Crippen LogP contribution in [-0.4, -0.2) is 60.7 Å². The van der Waals surface area contributed by atoms with E-state index in [4.69, 9.17) is 0 Å². The lowest BCUT2D eigenvalue weighted by Gasteiger charge is -2.35. The number of rotatable bonds is 4. The van der Waals surface area contributed by atoms with Gasteiger partial charge in [-0.3, -0.25) is 14.7 Å². The molecule has 1 amide bonds. The van der Waals surface area contributed by atoms with Crippen molar-refractivity contribution in [3.05, 3.63) is 42.1 Å². The molecule has 1 aliphatic heterocycles. The van der Waals surface area contributed by atoms with E-state index in [2.05, 4.69) is 15.6 Å². The zero-order valence-electron chi connectivity index (χ0n) is 13.5. The Morgan fingerprint density at radius 3 is 2.76 bits per heavy atom. The SMILES string of the molecule is O=C(NCC(N1CCNCC1)C(F)(F)F)c1ccc2ncccc2c1. The van der Waals surface area contributed by atoms with Crippen LogP contribution < -0.4 is 10.6 Å². The summed E-state index contributed by atoms with van der Waals surface area (Å²) in [5.74, 6) is -0.518. The highest BCUT2D eigenvalue weighted by Crippen LogP contribution is 2.25. The fraction of sp³-hybridized carbons (Fsp3) is 0.412. The van der Waals surface area contributed by atoms with Gasteiger partial charge < -0.3 is 10.6 Å². The number of carbonyl (C=O) groups excluding carboxylic acids is 1. The average molecular weight is 352 g/mol. The summed E-state index contributed by atoms with van der Waals surface area (Å²) in [6.07, 6.45) is -2.75. The number of hydrogen-bond donors (Lipinski definition) is 2. The quantitative estimate of drug-likeness (QED) is 0.881. The smallest absolute Gasteiger partial charge is 0.350 e. The molecule has 2 heterocycles. The number of nitrogens with one attached hydrogen (secondary N) is 2. The third kappa shape index (κ3) is 4.26. The van der Waals surface area contributed by atoms with E-state index < -0.39 is 24.7 Å². The van der Waals surface area contributed by atoms with E-state index in [1.807, 2.05) is 0 Å². The Labute approximate surface area is 143 Å². The van der Waals surface area contributed by atoms with Crippen molar-refractivity contribution in [1.82, 2.24) is 20.5 Å². The van der Waals surface area contributed by atoms with Gasteiger partial charge in [0.25, 0.3) is 5.91 Å². The number of piperazine rings is 1. The highest BCUT2D eigenvalue weighted by atomic mass is 19.4. The van der Waals surface area contributed by atoms with Gasteiger partial charge in [0.05, 0.1) is 5.52 Å². The largest absolute Gasteiger partial charge is 0.405 e. The average Bonchev–Trinajstić information content (AvgIpc) is 2.61. The Hall–Kier alpha value is -2.19. The van der Waals surface area contributed by atoms with E-state index >= 15 is 0 Å². The zero-order chi connectivity index (χ0) is 17.9. The lowest BCUT2D eigenvalue weighted by atomic mass is 10.1. The van der Waals surface area contributed by atoms with E-state index in [0.717, 1.165) is 10.9 Å². The van der Waals surface area contributed by atoms with Crippen molar-refractivity contribution >= 4 is 16.8 Å². The first kappa shape index (κ1) is 17.6. The highest BCUT2D eigenvalue weighted by Gasteiger charge is 2.43. The molecule has 1 aromatic carbocycles. The van der Waals surface area contributed by atoms with Crippen LogP contribution in [0.3, 0.4) is 0 Å². The van der Waals surface area contributed by atoms with Gasteiger partial charge in [-0.2, -0.15) is 13.2 Å². The van der Waals surface area contributed by atoms with Gasteiger partial charge in [0.2, 0.25) is 0 Å². The Morgan fingerprint density at radius 2 is 2.04 bits per heavy atom. The van der Waals surface area contributed by atoms with Crippen LogP contribution in [0.25, 0.3) is 10.9 Å². The molecule has 1 fully saturated rings. The molecule has 2 N–H and O–H groups in total. The van der Waals surface area contributed by atoms with Crippen LogP contribution in [0.1, 0.15) is 10.4 Å². The molecule has 0 radical (unpaired) electrons. The van der Waals surface area contributed by atoms with Crippen molar-refractivity contribution in [1.29, 1.82) is 0 Å². The second kappa shape index (κ2) is 7.37. The number of pyridine rings is 1. The minimum absolute atomic E-state index is 0.307. The molecular weight excluding hydrogens is 333 g/mol. The van der Waals surface area contributed by atoms with Crippen molar-refractivity contribution in [3.8, 4) is 0 Å². The van der Waals surface area contributed by atoms with Crippen molar-refractivity contribution in [3.63, 3.8) is 0 Å². The van der Waals surface area contributed by atoms with Crippen molar-refractivity contribution in [2.45, 2.75) is 12.2 Å². The number of benzene rings is 1. The number of amides is 1. The first-order valence-corrected chi connectivity index (χ1v) is 8.09. The van der Waals surface area contributed by atoms with Crippen LogP contribution in [0.4, 0.5) is 13.2 Å². The number of aromatic nitrogens is 1. The fourth-order valence-electron chi connectivity index (χ4n) is 2.95. The summed E-state index contributed by atoms with van der Waals surface area (Å²) < 4.78 is 40.0. The molecule has 3 rings (SSSR count). The molecule has 0 spiro atoms. The van der Waals surface area contributed by atoms with Crippen molar-refractivity contribution in [2.75, 3.05) is 32.7 Å². The number of carbonyl (C=O) groups is 1. The Bertz CT molecular complexity index is 744. The summed E-state index contributed by atoms with van der Waals surface area (Å²) in [5.41, 5.74) is 1.05. The van der Waals surface area contributed by atoms with Crippen LogP contribution in [-0.2, 0) is 0 Å². The third-order valence-corrected chi connectivity index (χ3v) is 4.29. The Kier molecular flexibility index (Phi) is 5.19. The molecule has 134 valence electrons. The summed E-state index contributed by atoms with van der Waals surface area (Å²) in [7, 11) is 0. The highest BCUT2D eigenvalue weighted by molar-refractivity contribution is 5.97. The predicted molar refractivity (Wildman–Crippen MR) is 88.4 cm³/mol. The Morgan fingerprint density at radius 1 is 1.28 bits per heavy atom. The molecule has 0 saturated carbocycles. The van der Waals surface area contributed by atoms with Crippen molar-refractivity contribution < 1.29 is 18.0 Å². The fourth-order valence-corrected chi connectivity index (χ4v) is 2.95. The molecule has 0 aliphatic carbocycles. The number of alkyl halides is 3. The molecular formula is C17H19F3N4O. The maximum Gasteiger partial charge on any atom is 0.405 e. The summed E-state index contributed by atoms with van der Waals surface area (Å²) in [4.78, 5) is 17.8. The van der Waals surface area contributed by atoms with Gasteiger partial charge in [-0.05, 0) is 24.3 Å². The maximum absolute atomic E-state index is 13.3. The van der Waals surface area contributed by atoms with E-state index in [1.165, 1.54) is 4.90 Å². The van der Waals surface area contributed by atoms with Gasteiger partial charge in [0.15, 0.2) is 0 Å². The number of fused-ring (bicyclic) bond motifs is 1. The molecule has 1 saturated heterocycles. The number of nitrogens with zero attached hydrogens (tertiary/aromatic N) is 2. The third-order valence-electron chi connectivity index (χ3n) is 4.29. The molecule has 2 aromatic rings. The van der Waals surface area contributed by atoms with Crippen LogP contribution in [0, 0.1) is 0 Å². The van der Waals surface area contributed by atoms with Gasteiger partial charge in [-0.1, -0.05) is 6.07 Å². The molecule has 8 heteroatoms. The van der Waals surface area contributed by atoms with Gasteiger partial charge in [0.1, 0.15) is 6.04 Å². The van der Waals surface area contributed by atoms with Crippen LogP contribution >= 0.6 is 0 Å². The lowest BCUT2D eigenvalue weighted by Crippen LogP contribution is -2.57. The molecule has 1 unspecified atom stereocenters. The van der Waals surface area contributed by atoms with E-state index in [1.54, 1.807) is 36.5 Å². The molecule has 1 aliphatic rings. The molecule has 1 atom stereocenters. The number of halogens is 3. The summed E-state index contributed by atoms with van der Waals surface area (Å²) in [6.45, 7) is 1.17. The van der Waals surface area contributed by atoms with Crippen molar-refractivity contribution in [2.24, 2.45) is 0 Å². The van der Waals surface area contributed by atoms with Crippen LogP contribution in [0.15, 0.2) is 36.5 Å². The normalized spacial score (nSPS) is 17.4. The van der Waals surface area contributed by atoms with Crippen LogP contribution in [0.5, 0.6) is 0 Å². The lowest BCUT2D eigenvalue weighted by molar-refractivity contribution is -0.183. The summed E-state index contributed by atoms with van der Waals surface area (Å²) in [6, 6.07) is 6.75. The maximum atomic E-state index is 13.3. The monoisotopic (exact) mass is 352 g/mol. The summed E-state index contributed by atoms with van der Waals surface area (Å²) in [5, 5.41) is 6.22. The zero-order valence-corrected chi connectivity index (χ0v) is 13.5. The summed E-state index contributed by atoms with van der Waals surface area (Å²) >= 11 is 0. The first-order chi connectivity index (χ1) is 11.9. The molecule has 5 nitrogen and oxygen atoms in total. The van der Waals surface area contributed by atoms with Gasteiger partial charge in [-0.15, -0.1) is 0 Å². The van der Waals surface area contributed by atoms with E-state index in [0.29, 0.717) is 31.7 Å². The van der Waals surface area contributed by atoms with Crippen LogP contribution in [0.2, 0.25) is 0 Å². The van der Waals surface area contributed by atoms with Gasteiger partial charge in [0, 0.05) is 49.9 Å². The first-order valence-electron chi connectivity index (χ1n) is 8.09. The van der Waals surface area contributed by atoms with E-state index in [-0.39, 0.29) is 0 Å². The molecule has 25 heavy (non-hydrogen) atoms. The molecule has 0 bridgehead atoms. The Balaban J connectivity index is 1.69. The number of hydrogen-bond acceptors (Lipinski definition) is 4. The standard InChI is InChI=1S/C17H19F3N4O/c18-17(19,20)15(24-8-6-21-7-9-24)11-23-16(25)13-3-4-14-12(10-13)2-1-5-22-14/h1-5,10,15,21H,6-9,11H2,(H,23,25). The second-order valence-corrected chi connectivity index (χ2v) is 5.96. The minimum Gasteiger partial charge on any atom is -0.350 e. The predicted octanol–water partition coefficient (Wildman–Crippen LogP) is 1.80. The minimum atomic E-state index is -4.39.